The van der Waals surface area contributed by atoms with Crippen molar-refractivity contribution < 1.29 is 14.3 Å². The summed E-state index contributed by atoms with van der Waals surface area (Å²) in [5, 5.41) is 5.92. The molecule has 2 aromatic rings. The van der Waals surface area contributed by atoms with Crippen molar-refractivity contribution in [2.45, 2.75) is 20.8 Å². The highest BCUT2D eigenvalue weighted by Crippen LogP contribution is 2.16. The Morgan fingerprint density at radius 2 is 1.75 bits per heavy atom. The molecule has 0 saturated heterocycles. The van der Waals surface area contributed by atoms with Crippen molar-refractivity contribution in [2.24, 2.45) is 0 Å². The lowest BCUT2D eigenvalue weighted by molar-refractivity contribution is -0.114. The lowest BCUT2D eigenvalue weighted by Gasteiger charge is -2.11. The van der Waals surface area contributed by atoms with Gasteiger partial charge in [-0.2, -0.15) is 0 Å². The van der Waals surface area contributed by atoms with Crippen LogP contribution in [0.15, 0.2) is 42.5 Å². The molecule has 126 valence electrons. The number of anilines is 2. The Morgan fingerprint density at radius 3 is 2.42 bits per heavy atom. The highest BCUT2D eigenvalue weighted by Gasteiger charge is 2.07. The second-order valence-corrected chi connectivity index (χ2v) is 5.52. The molecule has 0 aliphatic carbocycles. The molecule has 0 spiro atoms. The zero-order chi connectivity index (χ0) is 17.5. The normalized spacial score (nSPS) is 10.1. The summed E-state index contributed by atoms with van der Waals surface area (Å²) in [6, 6.07) is 12.7. The fourth-order valence-electron chi connectivity index (χ4n) is 2.21. The monoisotopic (exact) mass is 326 g/mol. The summed E-state index contributed by atoms with van der Waals surface area (Å²) < 4.78 is 4.92. The van der Waals surface area contributed by atoms with Gasteiger partial charge in [0, 0.05) is 11.4 Å². The Balaban J connectivity index is 1.90. The molecule has 0 bridgehead atoms. The first-order valence-corrected chi connectivity index (χ1v) is 7.87. The molecule has 0 heterocycles. The standard InChI is InChI=1S/C19H22N2O3/c1-4-24-19(23)15-7-9-16(10-8-15)21-18(22)12-20-17-11-13(2)5-6-14(17)3/h5-11,20H,4,12H2,1-3H3,(H,21,22). The maximum Gasteiger partial charge on any atom is 0.338 e. The number of hydrogen-bond acceptors (Lipinski definition) is 4. The van der Waals surface area contributed by atoms with Crippen LogP contribution >= 0.6 is 0 Å². The Labute approximate surface area is 142 Å². The minimum atomic E-state index is -0.369. The van der Waals surface area contributed by atoms with Crippen LogP contribution in [0.4, 0.5) is 11.4 Å². The van der Waals surface area contributed by atoms with Crippen molar-refractivity contribution in [3.8, 4) is 0 Å². The van der Waals surface area contributed by atoms with Gasteiger partial charge < -0.3 is 15.4 Å². The van der Waals surface area contributed by atoms with Gasteiger partial charge in [0.1, 0.15) is 0 Å². The Kier molecular flexibility index (Phi) is 5.95. The average Bonchev–Trinajstić information content (AvgIpc) is 2.56. The molecule has 24 heavy (non-hydrogen) atoms. The van der Waals surface area contributed by atoms with E-state index in [0.29, 0.717) is 17.9 Å². The van der Waals surface area contributed by atoms with Gasteiger partial charge in [-0.1, -0.05) is 12.1 Å². The molecule has 0 saturated carbocycles. The molecule has 0 radical (unpaired) electrons. The molecule has 2 N–H and O–H groups in total. The number of carbonyl (C=O) groups excluding carboxylic acids is 2. The number of ether oxygens (including phenoxy) is 1. The van der Waals surface area contributed by atoms with E-state index in [-0.39, 0.29) is 18.4 Å². The van der Waals surface area contributed by atoms with Crippen molar-refractivity contribution in [1.82, 2.24) is 0 Å². The number of carbonyl (C=O) groups is 2. The number of rotatable bonds is 6. The second kappa shape index (κ2) is 8.15. The van der Waals surface area contributed by atoms with Gasteiger partial charge in [-0.25, -0.2) is 4.79 Å². The van der Waals surface area contributed by atoms with Crippen LogP contribution in [-0.2, 0) is 9.53 Å². The van der Waals surface area contributed by atoms with E-state index >= 15 is 0 Å². The molecular weight excluding hydrogens is 304 g/mol. The van der Waals surface area contributed by atoms with Crippen molar-refractivity contribution in [2.75, 3.05) is 23.8 Å². The van der Waals surface area contributed by atoms with Crippen LogP contribution in [0.1, 0.15) is 28.4 Å². The van der Waals surface area contributed by atoms with Crippen LogP contribution in [0.2, 0.25) is 0 Å². The highest BCUT2D eigenvalue weighted by atomic mass is 16.5. The van der Waals surface area contributed by atoms with Gasteiger partial charge in [0.2, 0.25) is 5.91 Å². The molecule has 2 rings (SSSR count). The summed E-state index contributed by atoms with van der Waals surface area (Å²) in [7, 11) is 0. The van der Waals surface area contributed by atoms with E-state index in [2.05, 4.69) is 10.6 Å². The van der Waals surface area contributed by atoms with E-state index in [1.54, 1.807) is 31.2 Å². The molecule has 0 unspecified atom stereocenters. The maximum atomic E-state index is 12.0. The fraction of sp³-hybridized carbons (Fsp3) is 0.263. The summed E-state index contributed by atoms with van der Waals surface area (Å²) in [6.45, 7) is 6.27. The minimum Gasteiger partial charge on any atom is -0.462 e. The Bertz CT molecular complexity index is 724. The lowest BCUT2D eigenvalue weighted by atomic mass is 10.1. The van der Waals surface area contributed by atoms with Gasteiger partial charge in [-0.15, -0.1) is 0 Å². The number of aryl methyl sites for hydroxylation is 2. The molecule has 0 aliphatic heterocycles. The molecule has 5 heteroatoms. The number of benzene rings is 2. The van der Waals surface area contributed by atoms with Gasteiger partial charge in [0.05, 0.1) is 18.7 Å². The second-order valence-electron chi connectivity index (χ2n) is 5.52. The lowest BCUT2D eigenvalue weighted by Crippen LogP contribution is -2.22. The van der Waals surface area contributed by atoms with E-state index < -0.39 is 0 Å². The van der Waals surface area contributed by atoms with E-state index in [4.69, 9.17) is 4.74 Å². The maximum absolute atomic E-state index is 12.0. The van der Waals surface area contributed by atoms with Crippen LogP contribution in [0.5, 0.6) is 0 Å². The Morgan fingerprint density at radius 1 is 1.04 bits per heavy atom. The quantitative estimate of drug-likeness (QED) is 0.797. The minimum absolute atomic E-state index is 0.153. The van der Waals surface area contributed by atoms with E-state index in [1.165, 1.54) is 0 Å². The van der Waals surface area contributed by atoms with Crippen molar-refractivity contribution in [1.29, 1.82) is 0 Å². The largest absolute Gasteiger partial charge is 0.462 e. The topological polar surface area (TPSA) is 67.4 Å². The predicted molar refractivity (Wildman–Crippen MR) is 95.4 cm³/mol. The molecule has 2 aromatic carbocycles. The number of amides is 1. The average molecular weight is 326 g/mol. The third-order valence-electron chi connectivity index (χ3n) is 3.51. The van der Waals surface area contributed by atoms with Gasteiger partial charge in [0.25, 0.3) is 0 Å². The first kappa shape index (κ1) is 17.5. The van der Waals surface area contributed by atoms with Gasteiger partial charge in [-0.3, -0.25) is 4.79 Å². The van der Waals surface area contributed by atoms with Crippen molar-refractivity contribution >= 4 is 23.3 Å². The fourth-order valence-corrected chi connectivity index (χ4v) is 2.21. The zero-order valence-electron chi connectivity index (χ0n) is 14.2. The van der Waals surface area contributed by atoms with Crippen molar-refractivity contribution in [3.05, 3.63) is 59.2 Å². The molecule has 1 amide bonds. The van der Waals surface area contributed by atoms with Crippen LogP contribution in [0, 0.1) is 13.8 Å². The van der Waals surface area contributed by atoms with Crippen LogP contribution in [-0.4, -0.2) is 25.0 Å². The molecule has 0 aliphatic rings. The third-order valence-corrected chi connectivity index (χ3v) is 3.51. The first-order chi connectivity index (χ1) is 11.5. The summed E-state index contributed by atoms with van der Waals surface area (Å²) in [4.78, 5) is 23.6. The summed E-state index contributed by atoms with van der Waals surface area (Å²) in [5.74, 6) is -0.522. The highest BCUT2D eigenvalue weighted by molar-refractivity contribution is 5.95. The third kappa shape index (κ3) is 4.84. The molecule has 0 fully saturated rings. The summed E-state index contributed by atoms with van der Waals surface area (Å²) in [5.41, 5.74) is 4.27. The molecule has 0 aromatic heterocycles. The zero-order valence-corrected chi connectivity index (χ0v) is 14.2. The van der Waals surface area contributed by atoms with Crippen LogP contribution in [0.3, 0.4) is 0 Å². The number of nitrogens with one attached hydrogen (secondary N) is 2. The SMILES string of the molecule is CCOC(=O)c1ccc(NC(=O)CNc2cc(C)ccc2C)cc1. The molecular formula is C19H22N2O3. The van der Waals surface area contributed by atoms with E-state index in [0.717, 1.165) is 16.8 Å². The first-order valence-electron chi connectivity index (χ1n) is 7.87. The van der Waals surface area contributed by atoms with E-state index in [1.807, 2.05) is 32.0 Å². The molecule has 5 nitrogen and oxygen atoms in total. The smallest absolute Gasteiger partial charge is 0.338 e. The number of esters is 1. The van der Waals surface area contributed by atoms with Gasteiger partial charge in [0.15, 0.2) is 0 Å². The Hall–Kier alpha value is -2.82. The predicted octanol–water partition coefficient (Wildman–Crippen LogP) is 3.53. The van der Waals surface area contributed by atoms with Gasteiger partial charge in [-0.05, 0) is 62.2 Å². The summed E-state index contributed by atoms with van der Waals surface area (Å²) >= 11 is 0. The summed E-state index contributed by atoms with van der Waals surface area (Å²) in [6.07, 6.45) is 0. The van der Waals surface area contributed by atoms with Crippen LogP contribution < -0.4 is 10.6 Å². The number of hydrogen-bond donors (Lipinski definition) is 2. The van der Waals surface area contributed by atoms with Crippen LogP contribution in [0.25, 0.3) is 0 Å². The van der Waals surface area contributed by atoms with Crippen molar-refractivity contribution in [3.63, 3.8) is 0 Å². The van der Waals surface area contributed by atoms with E-state index in [9.17, 15) is 9.59 Å². The molecule has 0 atom stereocenters. The van der Waals surface area contributed by atoms with Gasteiger partial charge >= 0.3 is 5.97 Å².